The van der Waals surface area contributed by atoms with Crippen LogP contribution in [0.15, 0.2) is 78.9 Å². The molecule has 44 heavy (non-hydrogen) atoms. The molecule has 0 aliphatic heterocycles. The van der Waals surface area contributed by atoms with Crippen LogP contribution >= 0.6 is 0 Å². The van der Waals surface area contributed by atoms with E-state index in [-0.39, 0.29) is 11.5 Å². The van der Waals surface area contributed by atoms with E-state index in [1.807, 2.05) is 54.6 Å². The zero-order valence-corrected chi connectivity index (χ0v) is 25.7. The Morgan fingerprint density at radius 2 is 1.39 bits per heavy atom. The first-order valence-corrected chi connectivity index (χ1v) is 16.3. The van der Waals surface area contributed by atoms with Crippen LogP contribution in [0.1, 0.15) is 62.1 Å². The van der Waals surface area contributed by atoms with Crippen molar-refractivity contribution in [1.29, 1.82) is 0 Å². The number of phenolic OH excluding ortho intramolecular Hbond substituents is 1. The predicted molar refractivity (Wildman–Crippen MR) is 168 cm³/mol. The van der Waals surface area contributed by atoms with Gasteiger partial charge in [0.1, 0.15) is 29.6 Å². The Kier molecular flexibility index (Phi) is 14.0. The lowest BCUT2D eigenvalue weighted by Gasteiger charge is -2.19. The second kappa shape index (κ2) is 17.4. The van der Waals surface area contributed by atoms with E-state index in [0.717, 1.165) is 53.8 Å². The number of unbranched alkanes of at least 4 members (excludes halogenated alkanes) is 2. The maximum absolute atomic E-state index is 12.9. The largest absolute Gasteiger partial charge is 0.616 e. The SMILES string of the molecule is CC/C(=C(\c1ccc(O)cc1)c1ccc(OCCNCCCCC[S+]([O-])CCCC(F)(F)C(F)(F)F)cc1)c1ccccc1. The average Bonchev–Trinajstić information content (AvgIpc) is 3.00. The smallest absolute Gasteiger partial charge is 0.453 e. The number of benzene rings is 3. The number of allylic oxidation sites excluding steroid dienone is 1. The van der Waals surface area contributed by atoms with Crippen molar-refractivity contribution >= 4 is 22.3 Å². The molecule has 0 bridgehead atoms. The van der Waals surface area contributed by atoms with Crippen LogP contribution in [0.2, 0.25) is 0 Å². The molecule has 3 aromatic rings. The molecular formula is C34H40F5NO3S. The molecule has 0 radical (unpaired) electrons. The van der Waals surface area contributed by atoms with Gasteiger partial charge >= 0.3 is 12.1 Å². The van der Waals surface area contributed by atoms with E-state index in [1.165, 1.54) is 5.57 Å². The molecule has 0 aromatic heterocycles. The Morgan fingerprint density at radius 1 is 0.773 bits per heavy atom. The van der Waals surface area contributed by atoms with E-state index in [4.69, 9.17) is 4.74 Å². The average molecular weight is 638 g/mol. The van der Waals surface area contributed by atoms with Gasteiger partial charge in [0.25, 0.3) is 0 Å². The molecule has 0 spiro atoms. The summed E-state index contributed by atoms with van der Waals surface area (Å²) < 4.78 is 80.2. The first-order chi connectivity index (χ1) is 21.0. The molecule has 0 aliphatic rings. The van der Waals surface area contributed by atoms with Gasteiger partial charge in [0.15, 0.2) is 0 Å². The highest BCUT2D eigenvalue weighted by Crippen LogP contribution is 2.39. The van der Waals surface area contributed by atoms with Gasteiger partial charge in [-0.2, -0.15) is 22.0 Å². The molecule has 1 unspecified atom stereocenters. The molecule has 0 saturated heterocycles. The number of aromatic hydroxyl groups is 1. The van der Waals surface area contributed by atoms with Crippen molar-refractivity contribution in [3.63, 3.8) is 0 Å². The van der Waals surface area contributed by atoms with Crippen LogP contribution in [0, 0.1) is 0 Å². The number of halogens is 5. The first kappa shape index (κ1) is 35.4. The van der Waals surface area contributed by atoms with E-state index in [1.54, 1.807) is 12.1 Å². The van der Waals surface area contributed by atoms with Gasteiger partial charge in [0, 0.05) is 13.0 Å². The van der Waals surface area contributed by atoms with E-state index in [9.17, 15) is 31.6 Å². The monoisotopic (exact) mass is 637 g/mol. The van der Waals surface area contributed by atoms with Crippen molar-refractivity contribution in [3.8, 4) is 11.5 Å². The lowest BCUT2D eigenvalue weighted by Crippen LogP contribution is -2.36. The Labute approximate surface area is 259 Å². The third-order valence-corrected chi connectivity index (χ3v) is 8.62. The van der Waals surface area contributed by atoms with Crippen molar-refractivity contribution < 1.29 is 36.3 Å². The minimum Gasteiger partial charge on any atom is -0.616 e. The highest BCUT2D eigenvalue weighted by molar-refractivity contribution is 7.91. The Hall–Kier alpha value is -3.08. The molecule has 1 atom stereocenters. The lowest BCUT2D eigenvalue weighted by molar-refractivity contribution is -0.284. The molecule has 0 amide bonds. The van der Waals surface area contributed by atoms with Crippen LogP contribution in [-0.4, -0.2) is 53.0 Å². The predicted octanol–water partition coefficient (Wildman–Crippen LogP) is 8.63. The van der Waals surface area contributed by atoms with E-state index >= 15 is 0 Å². The normalized spacial score (nSPS) is 13.4. The van der Waals surface area contributed by atoms with Gasteiger partial charge in [0.05, 0.1) is 0 Å². The van der Waals surface area contributed by atoms with Gasteiger partial charge in [-0.05, 0) is 90.8 Å². The summed E-state index contributed by atoms with van der Waals surface area (Å²) >= 11 is -1.40. The van der Waals surface area contributed by atoms with Crippen LogP contribution in [0.5, 0.6) is 11.5 Å². The molecular weight excluding hydrogens is 597 g/mol. The zero-order valence-electron chi connectivity index (χ0n) is 24.8. The van der Waals surface area contributed by atoms with E-state index in [0.29, 0.717) is 25.3 Å². The molecule has 4 nitrogen and oxygen atoms in total. The summed E-state index contributed by atoms with van der Waals surface area (Å²) in [4.78, 5) is 0. The van der Waals surface area contributed by atoms with Crippen molar-refractivity contribution in [3.05, 3.63) is 95.6 Å². The quantitative estimate of drug-likeness (QED) is 0.0635. The van der Waals surface area contributed by atoms with Crippen LogP contribution in [0.4, 0.5) is 22.0 Å². The third-order valence-electron chi connectivity index (χ3n) is 7.13. The number of phenols is 1. The fourth-order valence-electron chi connectivity index (χ4n) is 4.78. The minimum atomic E-state index is -5.56. The third kappa shape index (κ3) is 11.1. The topological polar surface area (TPSA) is 64.5 Å². The van der Waals surface area contributed by atoms with Crippen LogP contribution < -0.4 is 10.1 Å². The van der Waals surface area contributed by atoms with Crippen molar-refractivity contribution in [2.45, 2.75) is 57.5 Å². The number of nitrogens with one attached hydrogen (secondary N) is 1. The molecule has 10 heteroatoms. The molecule has 0 heterocycles. The summed E-state index contributed by atoms with van der Waals surface area (Å²) in [6.45, 7) is 3.96. The number of rotatable bonds is 18. The highest BCUT2D eigenvalue weighted by atomic mass is 32.2. The van der Waals surface area contributed by atoms with Gasteiger partial charge in [0.2, 0.25) is 0 Å². The van der Waals surface area contributed by atoms with Crippen LogP contribution in [0.25, 0.3) is 11.1 Å². The summed E-state index contributed by atoms with van der Waals surface area (Å²) in [5.74, 6) is -3.62. The number of alkyl halides is 5. The lowest BCUT2D eigenvalue weighted by atomic mass is 9.88. The molecule has 2 N–H and O–H groups in total. The fraction of sp³-hybridized carbons (Fsp3) is 0.412. The van der Waals surface area contributed by atoms with Crippen molar-refractivity contribution in [2.24, 2.45) is 0 Å². The number of hydrogen-bond donors (Lipinski definition) is 2. The van der Waals surface area contributed by atoms with Gasteiger partial charge in [-0.15, -0.1) is 0 Å². The summed E-state index contributed by atoms with van der Waals surface area (Å²) in [5, 5.41) is 13.1. The summed E-state index contributed by atoms with van der Waals surface area (Å²) in [5.41, 5.74) is 5.50. The summed E-state index contributed by atoms with van der Waals surface area (Å²) in [6, 6.07) is 25.4. The second-order valence-corrected chi connectivity index (χ2v) is 12.2. The van der Waals surface area contributed by atoms with Gasteiger partial charge in [-0.1, -0.05) is 72.7 Å². The zero-order chi connectivity index (χ0) is 32.0. The second-order valence-electron chi connectivity index (χ2n) is 10.5. The maximum atomic E-state index is 12.9. The highest BCUT2D eigenvalue weighted by Gasteiger charge is 2.56. The molecule has 240 valence electrons. The van der Waals surface area contributed by atoms with E-state index < -0.39 is 36.1 Å². The molecule has 3 aromatic carbocycles. The number of ether oxygens (including phenoxy) is 1. The molecule has 0 aliphatic carbocycles. The fourth-order valence-corrected chi connectivity index (χ4v) is 5.98. The maximum Gasteiger partial charge on any atom is 0.453 e. The summed E-state index contributed by atoms with van der Waals surface area (Å²) in [6.07, 6.45) is -4.26. The van der Waals surface area contributed by atoms with Crippen molar-refractivity contribution in [2.75, 3.05) is 31.2 Å². The Bertz CT molecular complexity index is 1280. The molecule has 0 fully saturated rings. The van der Waals surface area contributed by atoms with Crippen LogP contribution in [0.3, 0.4) is 0 Å². The first-order valence-electron chi connectivity index (χ1n) is 14.8. The van der Waals surface area contributed by atoms with Gasteiger partial charge in [-0.3, -0.25) is 0 Å². The summed E-state index contributed by atoms with van der Waals surface area (Å²) in [7, 11) is 0. The standard InChI is InChI=1S/C34H40F5NO3S/c1-2-31(26-10-5-3-6-11-26)32(27-12-16-29(41)17-13-27)28-14-18-30(19-15-28)43-23-22-40-21-7-4-8-24-44(42)25-9-20-33(35,36)34(37,38)39/h3,5-6,10-19,40-41H,2,4,7-9,20-25H2,1H3/b32-31-. The molecule has 3 rings (SSSR count). The van der Waals surface area contributed by atoms with E-state index in [2.05, 4.69) is 24.4 Å². The number of hydrogen-bond acceptors (Lipinski definition) is 4. The van der Waals surface area contributed by atoms with Crippen LogP contribution in [-0.2, 0) is 11.2 Å². The van der Waals surface area contributed by atoms with Gasteiger partial charge < -0.3 is 19.7 Å². The van der Waals surface area contributed by atoms with Gasteiger partial charge in [-0.25, -0.2) is 0 Å². The molecule has 0 saturated carbocycles. The Balaban J connectivity index is 1.40. The minimum absolute atomic E-state index is 0.149. The Morgan fingerprint density at radius 3 is 2.00 bits per heavy atom. The van der Waals surface area contributed by atoms with Crippen molar-refractivity contribution in [1.82, 2.24) is 5.32 Å².